The molecule has 3 rings (SSSR count). The summed E-state index contributed by atoms with van der Waals surface area (Å²) in [5, 5.41) is 6.10. The first-order chi connectivity index (χ1) is 10.2. The third kappa shape index (κ3) is 2.20. The van der Waals surface area contributed by atoms with Crippen molar-refractivity contribution in [3.63, 3.8) is 0 Å². The van der Waals surface area contributed by atoms with Crippen LogP contribution in [0.3, 0.4) is 0 Å². The normalized spacial score (nSPS) is 10.7. The second kappa shape index (κ2) is 5.24. The number of aromatic nitrogens is 3. The van der Waals surface area contributed by atoms with Crippen molar-refractivity contribution in [1.29, 1.82) is 0 Å². The number of nitrogen functional groups attached to an aromatic ring is 1. The predicted octanol–water partition coefficient (Wildman–Crippen LogP) is 2.18. The number of ether oxygens (including phenoxy) is 1. The Kier molecular flexibility index (Phi) is 3.27. The summed E-state index contributed by atoms with van der Waals surface area (Å²) in [6, 6.07) is 9.68. The first kappa shape index (κ1) is 13.1. The third-order valence-corrected chi connectivity index (χ3v) is 3.16. The molecule has 0 atom stereocenters. The number of rotatable bonds is 3. The summed E-state index contributed by atoms with van der Waals surface area (Å²) in [7, 11) is 0. The number of benzene rings is 1. The number of nitrogens with two attached hydrogens (primary N) is 1. The summed E-state index contributed by atoms with van der Waals surface area (Å²) < 4.78 is 6.41. The largest absolute Gasteiger partial charge is 0.462 e. The molecule has 0 radical (unpaired) electrons. The Morgan fingerprint density at radius 3 is 2.95 bits per heavy atom. The van der Waals surface area contributed by atoms with Gasteiger partial charge in [0.2, 0.25) is 0 Å². The number of fused-ring (bicyclic) bond motifs is 1. The van der Waals surface area contributed by atoms with Crippen molar-refractivity contribution in [3.05, 3.63) is 48.3 Å². The van der Waals surface area contributed by atoms with Crippen LogP contribution in [-0.2, 0) is 4.74 Å². The first-order valence-electron chi connectivity index (χ1n) is 6.57. The van der Waals surface area contributed by atoms with Crippen LogP contribution in [-0.4, -0.2) is 27.3 Å². The van der Waals surface area contributed by atoms with Gasteiger partial charge < -0.3 is 10.5 Å². The SMILES string of the molecule is CCOC(=O)c1cnn(-c2nccc3ccccc23)c1N. The topological polar surface area (TPSA) is 83.0 Å². The monoisotopic (exact) mass is 282 g/mol. The fourth-order valence-electron chi connectivity index (χ4n) is 2.17. The van der Waals surface area contributed by atoms with E-state index >= 15 is 0 Å². The minimum absolute atomic E-state index is 0.220. The Morgan fingerprint density at radius 2 is 2.14 bits per heavy atom. The molecule has 2 heterocycles. The zero-order valence-electron chi connectivity index (χ0n) is 11.5. The molecule has 2 N–H and O–H groups in total. The van der Waals surface area contributed by atoms with Gasteiger partial charge in [-0.2, -0.15) is 9.78 Å². The van der Waals surface area contributed by atoms with Crippen molar-refractivity contribution in [1.82, 2.24) is 14.8 Å². The molecule has 6 heteroatoms. The molecule has 6 nitrogen and oxygen atoms in total. The van der Waals surface area contributed by atoms with Crippen molar-refractivity contribution in [2.45, 2.75) is 6.92 Å². The van der Waals surface area contributed by atoms with Crippen LogP contribution < -0.4 is 5.73 Å². The highest BCUT2D eigenvalue weighted by Gasteiger charge is 2.18. The molecule has 0 fully saturated rings. The summed E-state index contributed by atoms with van der Waals surface area (Å²) in [4.78, 5) is 16.1. The Hall–Kier alpha value is -2.89. The quantitative estimate of drug-likeness (QED) is 0.744. The zero-order valence-corrected chi connectivity index (χ0v) is 11.5. The van der Waals surface area contributed by atoms with E-state index in [1.54, 1.807) is 13.1 Å². The van der Waals surface area contributed by atoms with Crippen LogP contribution >= 0.6 is 0 Å². The molecule has 0 spiro atoms. The number of nitrogens with zero attached hydrogens (tertiary/aromatic N) is 3. The molecule has 0 bridgehead atoms. The molecular weight excluding hydrogens is 268 g/mol. The lowest BCUT2D eigenvalue weighted by Gasteiger charge is -2.07. The van der Waals surface area contributed by atoms with Gasteiger partial charge in [0.05, 0.1) is 12.8 Å². The van der Waals surface area contributed by atoms with Gasteiger partial charge >= 0.3 is 5.97 Å². The summed E-state index contributed by atoms with van der Waals surface area (Å²) in [5.41, 5.74) is 6.26. The van der Waals surface area contributed by atoms with Crippen LogP contribution in [0.2, 0.25) is 0 Å². The van der Waals surface area contributed by atoms with Gasteiger partial charge in [-0.05, 0) is 18.4 Å². The second-order valence-corrected chi connectivity index (χ2v) is 4.43. The van der Waals surface area contributed by atoms with E-state index in [1.807, 2.05) is 30.3 Å². The lowest BCUT2D eigenvalue weighted by atomic mass is 10.1. The van der Waals surface area contributed by atoms with Crippen LogP contribution in [0, 0.1) is 0 Å². The van der Waals surface area contributed by atoms with E-state index in [0.717, 1.165) is 10.8 Å². The van der Waals surface area contributed by atoms with Gasteiger partial charge in [0, 0.05) is 11.6 Å². The van der Waals surface area contributed by atoms with E-state index in [9.17, 15) is 4.79 Å². The fourth-order valence-corrected chi connectivity index (χ4v) is 2.17. The molecule has 0 saturated heterocycles. The van der Waals surface area contributed by atoms with Gasteiger partial charge in [0.15, 0.2) is 5.82 Å². The highest BCUT2D eigenvalue weighted by atomic mass is 16.5. The summed E-state index contributed by atoms with van der Waals surface area (Å²) in [6.45, 7) is 2.03. The van der Waals surface area contributed by atoms with Gasteiger partial charge in [0.25, 0.3) is 0 Å². The third-order valence-electron chi connectivity index (χ3n) is 3.16. The van der Waals surface area contributed by atoms with Crippen molar-refractivity contribution in [2.75, 3.05) is 12.3 Å². The van der Waals surface area contributed by atoms with E-state index < -0.39 is 5.97 Å². The Morgan fingerprint density at radius 1 is 1.33 bits per heavy atom. The zero-order chi connectivity index (χ0) is 14.8. The molecule has 0 aliphatic carbocycles. The van der Waals surface area contributed by atoms with Crippen LogP contribution in [0.15, 0.2) is 42.7 Å². The van der Waals surface area contributed by atoms with Gasteiger partial charge in [-0.3, -0.25) is 0 Å². The number of pyridine rings is 1. The van der Waals surface area contributed by atoms with Crippen LogP contribution in [0.4, 0.5) is 5.82 Å². The van der Waals surface area contributed by atoms with Crippen molar-refractivity contribution in [2.24, 2.45) is 0 Å². The lowest BCUT2D eigenvalue weighted by Crippen LogP contribution is -2.09. The minimum atomic E-state index is -0.485. The van der Waals surface area contributed by atoms with Crippen LogP contribution in [0.5, 0.6) is 0 Å². The Balaban J connectivity index is 2.14. The molecule has 3 aromatic rings. The fraction of sp³-hybridized carbons (Fsp3) is 0.133. The van der Waals surface area contributed by atoms with Crippen molar-refractivity contribution < 1.29 is 9.53 Å². The second-order valence-electron chi connectivity index (χ2n) is 4.43. The van der Waals surface area contributed by atoms with Crippen LogP contribution in [0.25, 0.3) is 16.6 Å². The molecule has 0 amide bonds. The number of hydrogen-bond acceptors (Lipinski definition) is 5. The number of hydrogen-bond donors (Lipinski definition) is 1. The van der Waals surface area contributed by atoms with E-state index in [0.29, 0.717) is 5.82 Å². The summed E-state index contributed by atoms with van der Waals surface area (Å²) in [6.07, 6.45) is 3.08. The molecule has 21 heavy (non-hydrogen) atoms. The van der Waals surface area contributed by atoms with E-state index in [-0.39, 0.29) is 18.0 Å². The highest BCUT2D eigenvalue weighted by molar-refractivity contribution is 5.95. The van der Waals surface area contributed by atoms with E-state index in [2.05, 4.69) is 10.1 Å². The van der Waals surface area contributed by atoms with Crippen LogP contribution in [0.1, 0.15) is 17.3 Å². The number of anilines is 1. The maximum Gasteiger partial charge on any atom is 0.343 e. The predicted molar refractivity (Wildman–Crippen MR) is 79.2 cm³/mol. The van der Waals surface area contributed by atoms with Gasteiger partial charge in [0.1, 0.15) is 11.4 Å². The average molecular weight is 282 g/mol. The van der Waals surface area contributed by atoms with E-state index in [4.69, 9.17) is 10.5 Å². The molecule has 1 aromatic carbocycles. The standard InChI is InChI=1S/C15H14N4O2/c1-2-21-15(20)12-9-18-19(13(12)16)14-11-6-4-3-5-10(11)7-8-17-14/h3-9H,2,16H2,1H3. The first-order valence-corrected chi connectivity index (χ1v) is 6.57. The average Bonchev–Trinajstić information content (AvgIpc) is 2.88. The number of carbonyl (C=O) groups is 1. The van der Waals surface area contributed by atoms with Gasteiger partial charge in [-0.25, -0.2) is 9.78 Å². The molecule has 0 saturated carbocycles. The van der Waals surface area contributed by atoms with Crippen molar-refractivity contribution in [3.8, 4) is 5.82 Å². The molecule has 0 aliphatic rings. The molecule has 0 unspecified atom stereocenters. The smallest absolute Gasteiger partial charge is 0.343 e. The molecule has 0 aliphatic heterocycles. The maximum atomic E-state index is 11.8. The molecule has 106 valence electrons. The van der Waals surface area contributed by atoms with E-state index in [1.165, 1.54) is 10.9 Å². The maximum absolute atomic E-state index is 11.8. The lowest BCUT2D eigenvalue weighted by molar-refractivity contribution is 0.0527. The summed E-state index contributed by atoms with van der Waals surface area (Å²) >= 11 is 0. The minimum Gasteiger partial charge on any atom is -0.462 e. The number of esters is 1. The number of carbonyl (C=O) groups excluding carboxylic acids is 1. The van der Waals surface area contributed by atoms with Gasteiger partial charge in [-0.1, -0.05) is 24.3 Å². The highest BCUT2D eigenvalue weighted by Crippen LogP contribution is 2.23. The Bertz CT molecular complexity index is 805. The van der Waals surface area contributed by atoms with Crippen molar-refractivity contribution >= 4 is 22.6 Å². The van der Waals surface area contributed by atoms with Gasteiger partial charge in [-0.15, -0.1) is 0 Å². The molecule has 2 aromatic heterocycles. The molecular formula is C15H14N4O2. The Labute approximate surface area is 121 Å². The summed E-state index contributed by atoms with van der Waals surface area (Å²) in [5.74, 6) is 0.319.